The zero-order chi connectivity index (χ0) is 25.6. The highest BCUT2D eigenvalue weighted by molar-refractivity contribution is 6.04. The summed E-state index contributed by atoms with van der Waals surface area (Å²) in [5, 5.41) is 14.7. The van der Waals surface area contributed by atoms with E-state index >= 15 is 0 Å². The lowest BCUT2D eigenvalue weighted by atomic mass is 9.95. The summed E-state index contributed by atoms with van der Waals surface area (Å²) in [6, 6.07) is 7.57. The third-order valence-corrected chi connectivity index (χ3v) is 4.97. The van der Waals surface area contributed by atoms with Crippen LogP contribution in [0.15, 0.2) is 96.2 Å². The van der Waals surface area contributed by atoms with Crippen molar-refractivity contribution in [3.8, 4) is 0 Å². The lowest BCUT2D eigenvalue weighted by Crippen LogP contribution is -2.38. The molecule has 2 N–H and O–H groups in total. The zero-order valence-electron chi connectivity index (χ0n) is 17.8. The summed E-state index contributed by atoms with van der Waals surface area (Å²) in [6.45, 7) is 0. The molecule has 1 amide bonds. The zero-order valence-corrected chi connectivity index (χ0v) is 17.8. The van der Waals surface area contributed by atoms with Crippen LogP contribution in [0.3, 0.4) is 0 Å². The second kappa shape index (κ2) is 10.5. The van der Waals surface area contributed by atoms with Crippen molar-refractivity contribution in [2.45, 2.75) is 18.4 Å². The second-order valence-electron chi connectivity index (χ2n) is 7.34. The van der Waals surface area contributed by atoms with Crippen LogP contribution in [-0.2, 0) is 17.1 Å². The molecule has 0 radical (unpaired) electrons. The fourth-order valence-electron chi connectivity index (χ4n) is 3.22. The lowest BCUT2D eigenvalue weighted by Gasteiger charge is -2.15. The van der Waals surface area contributed by atoms with E-state index < -0.39 is 35.4 Å². The van der Waals surface area contributed by atoms with Crippen LogP contribution in [0.1, 0.15) is 22.3 Å². The number of hydrogen-bond donors (Lipinski definition) is 2. The highest BCUT2D eigenvalue weighted by Crippen LogP contribution is 2.33. The molecule has 0 aromatic heterocycles. The third-order valence-electron chi connectivity index (χ3n) is 4.97. The molecule has 0 spiro atoms. The molecule has 2 aromatic rings. The molecule has 10 heteroatoms. The summed E-state index contributed by atoms with van der Waals surface area (Å²) in [4.78, 5) is 12.3. The number of nitrogens with one attached hydrogen (secondary N) is 1. The van der Waals surface area contributed by atoms with E-state index in [0.717, 1.165) is 30.3 Å². The summed E-state index contributed by atoms with van der Waals surface area (Å²) in [6.07, 6.45) is 1.12. The summed E-state index contributed by atoms with van der Waals surface area (Å²) < 4.78 is 77.6. The van der Waals surface area contributed by atoms with Gasteiger partial charge in [0.2, 0.25) is 5.91 Å². The molecule has 2 aromatic carbocycles. The van der Waals surface area contributed by atoms with E-state index in [1.807, 2.05) is 0 Å². The third kappa shape index (κ3) is 6.72. The van der Waals surface area contributed by atoms with Gasteiger partial charge in [-0.3, -0.25) is 4.79 Å². The minimum absolute atomic E-state index is 0.208. The molecule has 1 unspecified atom stereocenters. The van der Waals surface area contributed by atoms with Gasteiger partial charge in [-0.1, -0.05) is 59.8 Å². The van der Waals surface area contributed by atoms with Crippen LogP contribution in [0.5, 0.6) is 0 Å². The van der Waals surface area contributed by atoms with Crippen molar-refractivity contribution in [1.29, 1.82) is 0 Å². The first-order valence-electron chi connectivity index (χ1n) is 10.1. The molecule has 0 fully saturated rings. The van der Waals surface area contributed by atoms with Crippen molar-refractivity contribution < 1.29 is 36.3 Å². The van der Waals surface area contributed by atoms with Crippen molar-refractivity contribution in [3.63, 3.8) is 0 Å². The summed E-state index contributed by atoms with van der Waals surface area (Å²) in [5.41, 5.74) is -0.636. The Morgan fingerprint density at radius 2 is 1.37 bits per heavy atom. The Labute approximate surface area is 196 Å². The van der Waals surface area contributed by atoms with Crippen molar-refractivity contribution in [2.24, 2.45) is 5.16 Å². The van der Waals surface area contributed by atoms with Crippen molar-refractivity contribution in [3.05, 3.63) is 113 Å². The first kappa shape index (κ1) is 25.5. The van der Waals surface area contributed by atoms with Crippen LogP contribution < -0.4 is 5.32 Å². The van der Waals surface area contributed by atoms with E-state index in [1.54, 1.807) is 18.2 Å². The molecule has 0 saturated carbocycles. The molecule has 0 bridgehead atoms. The van der Waals surface area contributed by atoms with Crippen LogP contribution in [-0.4, -0.2) is 22.9 Å². The van der Waals surface area contributed by atoms with Crippen molar-refractivity contribution >= 4 is 17.2 Å². The van der Waals surface area contributed by atoms with E-state index in [1.165, 1.54) is 42.5 Å². The number of hydrogen-bond acceptors (Lipinski definition) is 3. The van der Waals surface area contributed by atoms with Crippen LogP contribution in [0.25, 0.3) is 5.57 Å². The number of rotatable bonds is 5. The number of alkyl halides is 6. The summed E-state index contributed by atoms with van der Waals surface area (Å²) in [7, 11) is 0. The minimum atomic E-state index is -4.55. The van der Waals surface area contributed by atoms with Crippen molar-refractivity contribution in [1.82, 2.24) is 5.32 Å². The van der Waals surface area contributed by atoms with Gasteiger partial charge in [0.15, 0.2) is 0 Å². The molecule has 4 nitrogen and oxygen atoms in total. The maximum absolute atomic E-state index is 12.9. The van der Waals surface area contributed by atoms with Gasteiger partial charge in [0.1, 0.15) is 5.71 Å². The Morgan fingerprint density at radius 1 is 0.857 bits per heavy atom. The van der Waals surface area contributed by atoms with E-state index in [-0.39, 0.29) is 5.71 Å². The normalized spacial score (nSPS) is 17.1. The number of halogens is 6. The van der Waals surface area contributed by atoms with E-state index in [0.29, 0.717) is 16.7 Å². The quantitative estimate of drug-likeness (QED) is 0.173. The SMILES string of the molecule is O=C(/C=C/C=C(c1ccc(C(F)(F)F)cc1)c1ccc(C(F)(F)F)cc1)NC1C=CC=C/C1=N\O. The molecule has 0 aliphatic heterocycles. The number of carbonyl (C=O) groups excluding carboxylic acids is 1. The highest BCUT2D eigenvalue weighted by Gasteiger charge is 2.31. The summed E-state index contributed by atoms with van der Waals surface area (Å²) in [5.74, 6) is -0.563. The van der Waals surface area contributed by atoms with Crippen LogP contribution in [0, 0.1) is 0 Å². The largest absolute Gasteiger partial charge is 0.416 e. The number of carbonyl (C=O) groups is 1. The molecule has 3 rings (SSSR count). The number of benzene rings is 2. The van der Waals surface area contributed by atoms with Gasteiger partial charge in [-0.05, 0) is 47.0 Å². The van der Waals surface area contributed by atoms with Gasteiger partial charge in [-0.15, -0.1) is 0 Å². The predicted molar refractivity (Wildman–Crippen MR) is 119 cm³/mol. The molecular weight excluding hydrogens is 474 g/mol. The van der Waals surface area contributed by atoms with Gasteiger partial charge in [-0.2, -0.15) is 26.3 Å². The first-order valence-corrected chi connectivity index (χ1v) is 10.1. The molecular formula is C25H18F6N2O2. The Bertz CT molecular complexity index is 1140. The fraction of sp³-hybridized carbons (Fsp3) is 0.120. The number of nitrogens with zero attached hydrogens (tertiary/aromatic N) is 1. The molecule has 1 aliphatic rings. The maximum Gasteiger partial charge on any atom is 0.416 e. The topological polar surface area (TPSA) is 61.7 Å². The van der Waals surface area contributed by atoms with Gasteiger partial charge in [0, 0.05) is 6.08 Å². The minimum Gasteiger partial charge on any atom is -0.411 e. The van der Waals surface area contributed by atoms with Crippen LogP contribution in [0.4, 0.5) is 26.3 Å². The van der Waals surface area contributed by atoms with Crippen molar-refractivity contribution in [2.75, 3.05) is 0 Å². The Hall–Kier alpha value is -4.08. The molecule has 35 heavy (non-hydrogen) atoms. The van der Waals surface area contributed by atoms with Gasteiger partial charge >= 0.3 is 12.4 Å². The Morgan fingerprint density at radius 3 is 1.83 bits per heavy atom. The van der Waals surface area contributed by atoms with E-state index in [2.05, 4.69) is 10.5 Å². The Balaban J connectivity index is 1.89. The van der Waals surface area contributed by atoms with Gasteiger partial charge in [0.25, 0.3) is 0 Å². The van der Waals surface area contributed by atoms with Gasteiger partial charge in [-0.25, -0.2) is 0 Å². The number of amides is 1. The highest BCUT2D eigenvalue weighted by atomic mass is 19.4. The predicted octanol–water partition coefficient (Wildman–Crippen LogP) is 6.15. The van der Waals surface area contributed by atoms with E-state index in [9.17, 15) is 31.1 Å². The number of allylic oxidation sites excluding steroid dienone is 4. The standard InChI is InChI=1S/C25H18F6N2O2/c26-24(27,28)18-12-8-16(9-13-18)20(17-10-14-19(15-11-17)25(29,30)31)4-3-7-23(34)32-21-5-1-2-6-22(21)33-35/h1-15,21,35H,(H,32,34)/b7-3+,33-22+. The smallest absolute Gasteiger partial charge is 0.411 e. The van der Waals surface area contributed by atoms with Crippen LogP contribution in [0.2, 0.25) is 0 Å². The summed E-state index contributed by atoms with van der Waals surface area (Å²) >= 11 is 0. The number of oxime groups is 1. The average molecular weight is 492 g/mol. The van der Waals surface area contributed by atoms with Gasteiger partial charge < -0.3 is 10.5 Å². The Kier molecular flexibility index (Phi) is 7.63. The fourth-order valence-corrected chi connectivity index (χ4v) is 3.22. The van der Waals surface area contributed by atoms with Crippen LogP contribution >= 0.6 is 0 Å². The monoisotopic (exact) mass is 492 g/mol. The first-order chi connectivity index (χ1) is 16.5. The lowest BCUT2D eigenvalue weighted by molar-refractivity contribution is -0.138. The molecule has 1 aliphatic carbocycles. The maximum atomic E-state index is 12.9. The molecule has 0 saturated heterocycles. The van der Waals surface area contributed by atoms with E-state index in [4.69, 9.17) is 5.21 Å². The molecule has 182 valence electrons. The second-order valence-corrected chi connectivity index (χ2v) is 7.34. The molecule has 1 atom stereocenters. The molecule has 0 heterocycles. The average Bonchev–Trinajstić information content (AvgIpc) is 2.81. The van der Waals surface area contributed by atoms with Gasteiger partial charge in [0.05, 0.1) is 17.2 Å².